The van der Waals surface area contributed by atoms with Gasteiger partial charge in [0.1, 0.15) is 6.10 Å². The summed E-state index contributed by atoms with van der Waals surface area (Å²) in [5.74, 6) is -0.990. The third-order valence-corrected chi connectivity index (χ3v) is 9.08. The number of aryl methyl sites for hydroxylation is 2. The summed E-state index contributed by atoms with van der Waals surface area (Å²) in [6.45, 7) is 9.88. The minimum absolute atomic E-state index is 0.0312. The first-order valence-corrected chi connectivity index (χ1v) is 14.9. The molecule has 1 N–H and O–H groups in total. The smallest absolute Gasteiger partial charge is 0.416 e. The molecule has 0 radical (unpaired) electrons. The van der Waals surface area contributed by atoms with Gasteiger partial charge in [-0.1, -0.05) is 49.2 Å². The van der Waals surface area contributed by atoms with Gasteiger partial charge in [0.25, 0.3) is 0 Å². The lowest BCUT2D eigenvalue weighted by molar-refractivity contribution is -0.137. The monoisotopic (exact) mass is 625 g/mol. The van der Waals surface area contributed by atoms with Gasteiger partial charge in [-0.2, -0.15) is 13.2 Å². The zero-order valence-electron chi connectivity index (χ0n) is 25.3. The predicted molar refractivity (Wildman–Crippen MR) is 165 cm³/mol. The number of allylic oxidation sites excluding steroid dienone is 1. The average Bonchev–Trinajstić information content (AvgIpc) is 3.21. The van der Waals surface area contributed by atoms with Crippen molar-refractivity contribution in [2.45, 2.75) is 72.2 Å². The standard InChI is InChI=1S/C35H35ClF3NO4/c1-19-12-24(15-26(13-19)35(37,38)39)31-21(3)40(33(43)44-31)18-25-17-34(4,5)11-10-28(25)29-16-22(7-9-30(29)36)27-8-6-23(32(41)42)14-20(27)2/h6-9,12-16,21,31H,10-11,17-18H2,1-5H3,(H,41,42)/t21-,31-/m0/s1. The molecule has 0 spiro atoms. The van der Waals surface area contributed by atoms with Crippen molar-refractivity contribution in [1.29, 1.82) is 0 Å². The Hall–Kier alpha value is -3.78. The number of aromatic carboxylic acids is 1. The van der Waals surface area contributed by atoms with Gasteiger partial charge in [-0.05, 0) is 121 Å². The van der Waals surface area contributed by atoms with Crippen LogP contribution in [-0.2, 0) is 10.9 Å². The quantitative estimate of drug-likeness (QED) is 0.296. The summed E-state index contributed by atoms with van der Waals surface area (Å²) < 4.78 is 46.4. The van der Waals surface area contributed by atoms with Gasteiger partial charge in [0.2, 0.25) is 0 Å². The molecule has 232 valence electrons. The highest BCUT2D eigenvalue weighted by Crippen LogP contribution is 2.46. The van der Waals surface area contributed by atoms with Gasteiger partial charge in [-0.15, -0.1) is 0 Å². The molecule has 1 heterocycles. The summed E-state index contributed by atoms with van der Waals surface area (Å²) in [4.78, 5) is 26.3. The summed E-state index contributed by atoms with van der Waals surface area (Å²) in [5, 5.41) is 9.94. The molecule has 5 nitrogen and oxygen atoms in total. The van der Waals surface area contributed by atoms with Crippen LogP contribution in [-0.4, -0.2) is 34.7 Å². The van der Waals surface area contributed by atoms with Crippen LogP contribution in [0.4, 0.5) is 18.0 Å². The first-order valence-electron chi connectivity index (χ1n) is 14.6. The van der Waals surface area contributed by atoms with Crippen LogP contribution >= 0.6 is 11.6 Å². The summed E-state index contributed by atoms with van der Waals surface area (Å²) >= 11 is 6.79. The molecule has 44 heavy (non-hydrogen) atoms. The second kappa shape index (κ2) is 11.6. The van der Waals surface area contributed by atoms with E-state index in [0.717, 1.165) is 58.4 Å². The molecule has 1 aliphatic heterocycles. The maximum Gasteiger partial charge on any atom is 0.416 e. The number of amides is 1. The molecule has 1 aliphatic carbocycles. The lowest BCUT2D eigenvalue weighted by atomic mass is 9.72. The van der Waals surface area contributed by atoms with Crippen molar-refractivity contribution < 1.29 is 32.6 Å². The number of carboxylic acid groups (broad SMARTS) is 1. The van der Waals surface area contributed by atoms with Crippen LogP contribution in [0.15, 0.2) is 60.2 Å². The zero-order valence-corrected chi connectivity index (χ0v) is 26.1. The number of hydrogen-bond donors (Lipinski definition) is 1. The molecule has 0 bridgehead atoms. The van der Waals surface area contributed by atoms with Crippen LogP contribution in [0, 0.1) is 19.3 Å². The third-order valence-electron chi connectivity index (χ3n) is 8.76. The Morgan fingerprint density at radius 3 is 2.45 bits per heavy atom. The SMILES string of the molecule is Cc1cc([C@H]2OC(=O)N(CC3=C(c4cc(-c5ccc(C(=O)O)cc5C)ccc4Cl)CCC(C)(C)C3)[C@H]2C)cc(C(F)(F)F)c1. The van der Waals surface area contributed by atoms with Gasteiger partial charge in [0, 0.05) is 11.6 Å². The zero-order chi connectivity index (χ0) is 32.1. The topological polar surface area (TPSA) is 66.8 Å². The summed E-state index contributed by atoms with van der Waals surface area (Å²) in [5.41, 5.74) is 5.70. The average molecular weight is 626 g/mol. The molecular weight excluding hydrogens is 591 g/mol. The minimum Gasteiger partial charge on any atom is -0.478 e. The summed E-state index contributed by atoms with van der Waals surface area (Å²) in [6, 6.07) is 14.1. The van der Waals surface area contributed by atoms with Crippen LogP contribution in [0.25, 0.3) is 16.7 Å². The lowest BCUT2D eigenvalue weighted by Crippen LogP contribution is -2.35. The van der Waals surface area contributed by atoms with Crippen LogP contribution in [0.3, 0.4) is 0 Å². The number of halogens is 4. The number of cyclic esters (lactones) is 1. The van der Waals surface area contributed by atoms with Crippen LogP contribution in [0.2, 0.25) is 5.02 Å². The van der Waals surface area contributed by atoms with Crippen molar-refractivity contribution in [2.24, 2.45) is 5.41 Å². The number of carbonyl (C=O) groups excluding carboxylic acids is 1. The van der Waals surface area contributed by atoms with Crippen molar-refractivity contribution in [1.82, 2.24) is 4.90 Å². The van der Waals surface area contributed by atoms with Gasteiger partial charge in [-0.25, -0.2) is 9.59 Å². The molecule has 5 rings (SSSR count). The Kier molecular flexibility index (Phi) is 8.35. The Labute approximate surface area is 260 Å². The summed E-state index contributed by atoms with van der Waals surface area (Å²) in [7, 11) is 0. The van der Waals surface area contributed by atoms with E-state index in [1.54, 1.807) is 43.0 Å². The maximum atomic E-state index is 13.6. The third kappa shape index (κ3) is 6.36. The number of ether oxygens (including phenoxy) is 1. The molecule has 1 fully saturated rings. The van der Waals surface area contributed by atoms with E-state index < -0.39 is 35.9 Å². The largest absolute Gasteiger partial charge is 0.478 e. The van der Waals surface area contributed by atoms with E-state index in [1.165, 1.54) is 0 Å². The lowest BCUT2D eigenvalue weighted by Gasteiger charge is -2.36. The van der Waals surface area contributed by atoms with Gasteiger partial charge in [-0.3, -0.25) is 4.90 Å². The van der Waals surface area contributed by atoms with Crippen molar-refractivity contribution in [3.8, 4) is 11.1 Å². The molecule has 3 aromatic carbocycles. The van der Waals surface area contributed by atoms with E-state index in [-0.39, 0.29) is 17.5 Å². The fourth-order valence-corrected chi connectivity index (χ4v) is 6.67. The van der Waals surface area contributed by atoms with Crippen LogP contribution in [0.1, 0.15) is 84.3 Å². The highest BCUT2D eigenvalue weighted by atomic mass is 35.5. The first kappa shape index (κ1) is 31.6. The van der Waals surface area contributed by atoms with E-state index in [0.29, 0.717) is 22.6 Å². The first-order chi connectivity index (χ1) is 20.5. The Bertz CT molecular complexity index is 1680. The molecule has 0 saturated carbocycles. The Balaban J connectivity index is 1.51. The normalized spacial score (nSPS) is 20.2. The van der Waals surface area contributed by atoms with Gasteiger partial charge in [0.15, 0.2) is 0 Å². The van der Waals surface area contributed by atoms with Crippen molar-refractivity contribution >= 4 is 29.2 Å². The molecule has 2 atom stereocenters. The Morgan fingerprint density at radius 1 is 1.07 bits per heavy atom. The van der Waals surface area contributed by atoms with Crippen LogP contribution in [0.5, 0.6) is 0 Å². The molecule has 1 amide bonds. The van der Waals surface area contributed by atoms with Crippen molar-refractivity contribution in [3.05, 3.63) is 98.6 Å². The number of carboxylic acids is 1. The van der Waals surface area contributed by atoms with E-state index in [1.807, 2.05) is 25.1 Å². The second-order valence-electron chi connectivity index (χ2n) is 12.8. The van der Waals surface area contributed by atoms with Crippen molar-refractivity contribution in [2.75, 3.05) is 6.54 Å². The van der Waals surface area contributed by atoms with Gasteiger partial charge < -0.3 is 9.84 Å². The van der Waals surface area contributed by atoms with Crippen LogP contribution < -0.4 is 0 Å². The number of hydrogen-bond acceptors (Lipinski definition) is 3. The number of carbonyl (C=O) groups is 2. The molecule has 0 aromatic heterocycles. The molecular formula is C35H35ClF3NO4. The highest BCUT2D eigenvalue weighted by Gasteiger charge is 2.42. The number of alkyl halides is 3. The van der Waals surface area contributed by atoms with E-state index in [2.05, 4.69) is 13.8 Å². The molecule has 3 aromatic rings. The van der Waals surface area contributed by atoms with Gasteiger partial charge >= 0.3 is 18.2 Å². The Morgan fingerprint density at radius 2 is 1.80 bits per heavy atom. The van der Waals surface area contributed by atoms with Gasteiger partial charge in [0.05, 0.1) is 17.2 Å². The van der Waals surface area contributed by atoms with E-state index in [4.69, 9.17) is 16.3 Å². The van der Waals surface area contributed by atoms with E-state index in [9.17, 15) is 27.9 Å². The molecule has 0 unspecified atom stereocenters. The van der Waals surface area contributed by atoms with Crippen molar-refractivity contribution in [3.63, 3.8) is 0 Å². The molecule has 2 aliphatic rings. The number of rotatable bonds is 6. The maximum absolute atomic E-state index is 13.6. The number of nitrogens with zero attached hydrogens (tertiary/aromatic N) is 1. The number of benzene rings is 3. The second-order valence-corrected chi connectivity index (χ2v) is 13.2. The fraction of sp³-hybridized carbons (Fsp3) is 0.371. The highest BCUT2D eigenvalue weighted by molar-refractivity contribution is 6.32. The molecule has 9 heteroatoms. The predicted octanol–water partition coefficient (Wildman–Crippen LogP) is 9.89. The fourth-order valence-electron chi connectivity index (χ4n) is 6.44. The summed E-state index contributed by atoms with van der Waals surface area (Å²) in [6.07, 6.45) is -3.57. The minimum atomic E-state index is -4.51. The van der Waals surface area contributed by atoms with E-state index >= 15 is 0 Å². The molecule has 1 saturated heterocycles.